The molecule has 29 heavy (non-hydrogen) atoms. The quantitative estimate of drug-likeness (QED) is 0.519. The fourth-order valence-electron chi connectivity index (χ4n) is 3.24. The number of nitrogens with one attached hydrogen (secondary N) is 1. The van der Waals surface area contributed by atoms with Crippen molar-refractivity contribution in [1.82, 2.24) is 0 Å². The largest absolute Gasteiger partial charge is 0.350 e. The summed E-state index contributed by atoms with van der Waals surface area (Å²) in [7, 11) is 0. The third-order valence-electron chi connectivity index (χ3n) is 4.79. The van der Waals surface area contributed by atoms with Gasteiger partial charge in [-0.1, -0.05) is 55.8 Å². The number of carbonyl (C=O) groups is 2. The summed E-state index contributed by atoms with van der Waals surface area (Å²) in [4.78, 5) is 28.4. The van der Waals surface area contributed by atoms with E-state index in [2.05, 4.69) is 19.2 Å². The van der Waals surface area contributed by atoms with Crippen molar-refractivity contribution >= 4 is 51.7 Å². The molecule has 0 saturated heterocycles. The van der Waals surface area contributed by atoms with Crippen LogP contribution in [0.25, 0.3) is 5.57 Å². The van der Waals surface area contributed by atoms with E-state index in [1.807, 2.05) is 41.8 Å². The minimum absolute atomic E-state index is 0.259. The van der Waals surface area contributed by atoms with Crippen molar-refractivity contribution in [2.45, 2.75) is 19.8 Å². The molecular formula is C23H19ClN2O2S. The van der Waals surface area contributed by atoms with E-state index in [4.69, 9.17) is 11.6 Å². The van der Waals surface area contributed by atoms with Crippen LogP contribution in [0.2, 0.25) is 5.02 Å². The number of imide groups is 1. The van der Waals surface area contributed by atoms with Gasteiger partial charge in [0.1, 0.15) is 5.70 Å². The number of rotatable bonds is 5. The Morgan fingerprint density at radius 2 is 1.66 bits per heavy atom. The van der Waals surface area contributed by atoms with Gasteiger partial charge in [0.25, 0.3) is 11.8 Å². The van der Waals surface area contributed by atoms with Crippen molar-refractivity contribution < 1.29 is 9.59 Å². The molecule has 1 N–H and O–H groups in total. The molecule has 146 valence electrons. The molecule has 2 aromatic carbocycles. The van der Waals surface area contributed by atoms with Crippen LogP contribution in [0.3, 0.4) is 0 Å². The van der Waals surface area contributed by atoms with Crippen molar-refractivity contribution in [2.75, 3.05) is 10.2 Å². The van der Waals surface area contributed by atoms with Gasteiger partial charge in [-0.25, -0.2) is 4.90 Å². The summed E-state index contributed by atoms with van der Waals surface area (Å²) in [6.07, 6.45) is 0. The molecule has 4 rings (SSSR count). The van der Waals surface area contributed by atoms with E-state index in [9.17, 15) is 9.59 Å². The molecule has 0 radical (unpaired) electrons. The molecule has 0 atom stereocenters. The normalized spacial score (nSPS) is 14.3. The zero-order chi connectivity index (χ0) is 20.5. The Morgan fingerprint density at radius 3 is 2.28 bits per heavy atom. The predicted molar refractivity (Wildman–Crippen MR) is 119 cm³/mol. The molecule has 4 nitrogen and oxygen atoms in total. The van der Waals surface area contributed by atoms with Gasteiger partial charge in [0.05, 0.1) is 16.3 Å². The Bertz CT molecular complexity index is 1100. The number of thiophene rings is 1. The number of carbonyl (C=O) groups excluding carboxylic acids is 2. The highest BCUT2D eigenvalue weighted by Gasteiger charge is 2.41. The SMILES string of the molecule is CC(C)c1ccc(NC2=C(c3cccs3)C(=O)N(c3ccccc3Cl)C2=O)cc1. The van der Waals surface area contributed by atoms with Crippen LogP contribution >= 0.6 is 22.9 Å². The lowest BCUT2D eigenvalue weighted by molar-refractivity contribution is -0.120. The van der Waals surface area contributed by atoms with Gasteiger partial charge in [-0.05, 0) is 47.2 Å². The average molecular weight is 423 g/mol. The maximum Gasteiger partial charge on any atom is 0.282 e. The molecule has 2 amide bonds. The molecular weight excluding hydrogens is 404 g/mol. The van der Waals surface area contributed by atoms with Crippen LogP contribution in [0.15, 0.2) is 71.7 Å². The maximum absolute atomic E-state index is 13.3. The standard InChI is InChI=1S/C23H19ClN2O2S/c1-14(2)15-9-11-16(12-10-15)25-21-20(19-8-5-13-29-19)22(27)26(23(21)28)18-7-4-3-6-17(18)24/h3-14,25H,1-2H3. The summed E-state index contributed by atoms with van der Waals surface area (Å²) < 4.78 is 0. The van der Waals surface area contributed by atoms with E-state index >= 15 is 0 Å². The molecule has 1 aromatic heterocycles. The lowest BCUT2D eigenvalue weighted by Crippen LogP contribution is -2.32. The van der Waals surface area contributed by atoms with Crippen molar-refractivity contribution in [2.24, 2.45) is 0 Å². The number of hydrogen-bond acceptors (Lipinski definition) is 4. The average Bonchev–Trinajstić information content (AvgIpc) is 3.30. The Hall–Kier alpha value is -2.89. The van der Waals surface area contributed by atoms with Crippen LogP contribution < -0.4 is 10.2 Å². The van der Waals surface area contributed by atoms with Gasteiger partial charge < -0.3 is 5.32 Å². The van der Waals surface area contributed by atoms with E-state index < -0.39 is 5.91 Å². The van der Waals surface area contributed by atoms with Crippen LogP contribution in [0.1, 0.15) is 30.2 Å². The van der Waals surface area contributed by atoms with E-state index in [0.717, 1.165) is 15.5 Å². The molecule has 6 heteroatoms. The number of anilines is 2. The lowest BCUT2D eigenvalue weighted by atomic mass is 10.0. The molecule has 0 fully saturated rings. The van der Waals surface area contributed by atoms with Crippen LogP contribution in [0, 0.1) is 0 Å². The fourth-order valence-corrected chi connectivity index (χ4v) is 4.23. The number of hydrogen-bond donors (Lipinski definition) is 1. The zero-order valence-corrected chi connectivity index (χ0v) is 17.6. The van der Waals surface area contributed by atoms with Gasteiger partial charge in [-0.3, -0.25) is 9.59 Å². The van der Waals surface area contributed by atoms with Crippen LogP contribution in [0.5, 0.6) is 0 Å². The molecule has 2 heterocycles. The Labute approximate surface area is 178 Å². The highest BCUT2D eigenvalue weighted by atomic mass is 35.5. The zero-order valence-electron chi connectivity index (χ0n) is 16.0. The Kier molecular flexibility index (Phi) is 5.26. The minimum atomic E-state index is -0.417. The number of benzene rings is 2. The molecule has 3 aromatic rings. The van der Waals surface area contributed by atoms with Crippen molar-refractivity contribution in [3.8, 4) is 0 Å². The summed E-state index contributed by atoms with van der Waals surface area (Å²) in [5, 5.41) is 5.41. The van der Waals surface area contributed by atoms with Gasteiger partial charge in [0.2, 0.25) is 0 Å². The first-order chi connectivity index (χ1) is 14.0. The summed E-state index contributed by atoms with van der Waals surface area (Å²) in [5.74, 6) is -0.387. The summed E-state index contributed by atoms with van der Waals surface area (Å²) in [5.41, 5.74) is 2.95. The summed E-state index contributed by atoms with van der Waals surface area (Å²) in [6.45, 7) is 4.25. The number of halogens is 1. The van der Waals surface area contributed by atoms with Gasteiger partial charge in [-0.2, -0.15) is 0 Å². The Balaban J connectivity index is 1.76. The smallest absolute Gasteiger partial charge is 0.282 e. The van der Waals surface area contributed by atoms with Crippen LogP contribution in [0.4, 0.5) is 11.4 Å². The molecule has 1 aliphatic heterocycles. The van der Waals surface area contributed by atoms with Gasteiger partial charge in [0.15, 0.2) is 0 Å². The second-order valence-electron chi connectivity index (χ2n) is 7.03. The van der Waals surface area contributed by atoms with Crippen LogP contribution in [-0.4, -0.2) is 11.8 Å². The molecule has 0 aliphatic carbocycles. The number of para-hydroxylation sites is 1. The second-order valence-corrected chi connectivity index (χ2v) is 8.38. The minimum Gasteiger partial charge on any atom is -0.350 e. The maximum atomic E-state index is 13.3. The number of nitrogens with zero attached hydrogens (tertiary/aromatic N) is 1. The van der Waals surface area contributed by atoms with Crippen LogP contribution in [-0.2, 0) is 9.59 Å². The molecule has 0 bridgehead atoms. The van der Waals surface area contributed by atoms with Crippen molar-refractivity contribution in [3.63, 3.8) is 0 Å². The lowest BCUT2D eigenvalue weighted by Gasteiger charge is -2.16. The second kappa shape index (κ2) is 7.85. The van der Waals surface area contributed by atoms with Crippen molar-refractivity contribution in [1.29, 1.82) is 0 Å². The summed E-state index contributed by atoms with van der Waals surface area (Å²) >= 11 is 7.70. The highest BCUT2D eigenvalue weighted by Crippen LogP contribution is 2.37. The molecule has 1 aliphatic rings. The van der Waals surface area contributed by atoms with E-state index in [1.54, 1.807) is 24.3 Å². The van der Waals surface area contributed by atoms with E-state index in [0.29, 0.717) is 22.2 Å². The highest BCUT2D eigenvalue weighted by molar-refractivity contribution is 7.11. The Morgan fingerprint density at radius 1 is 0.931 bits per heavy atom. The summed E-state index contributed by atoms with van der Waals surface area (Å²) in [6, 6.07) is 18.4. The molecule has 0 unspecified atom stereocenters. The molecule has 0 saturated carbocycles. The monoisotopic (exact) mass is 422 g/mol. The van der Waals surface area contributed by atoms with E-state index in [-0.39, 0.29) is 11.6 Å². The number of amides is 2. The third-order valence-corrected chi connectivity index (χ3v) is 6.00. The van der Waals surface area contributed by atoms with E-state index in [1.165, 1.54) is 16.9 Å². The first-order valence-corrected chi connectivity index (χ1v) is 10.5. The first kappa shape index (κ1) is 19.4. The van der Waals surface area contributed by atoms with Gasteiger partial charge in [0, 0.05) is 10.6 Å². The molecule has 0 spiro atoms. The fraction of sp³-hybridized carbons (Fsp3) is 0.130. The topological polar surface area (TPSA) is 49.4 Å². The van der Waals surface area contributed by atoms with Gasteiger partial charge in [-0.15, -0.1) is 11.3 Å². The van der Waals surface area contributed by atoms with Gasteiger partial charge >= 0.3 is 0 Å². The predicted octanol–water partition coefficient (Wildman–Crippen LogP) is 5.92. The third kappa shape index (κ3) is 3.59. The van der Waals surface area contributed by atoms with Crippen molar-refractivity contribution in [3.05, 3.63) is 87.2 Å². The first-order valence-electron chi connectivity index (χ1n) is 9.26.